The Morgan fingerprint density at radius 3 is 2.81 bits per heavy atom. The molecular weight excluding hydrogens is 222 g/mol. The van der Waals surface area contributed by atoms with Gasteiger partial charge in [0.1, 0.15) is 6.61 Å². The number of nitrogen functional groups attached to an aromatic ring is 1. The summed E-state index contributed by atoms with van der Waals surface area (Å²) in [5, 5.41) is 3.89. The smallest absolute Gasteiger partial charge is 0.340 e. The summed E-state index contributed by atoms with van der Waals surface area (Å²) < 4.78 is 5.14. The van der Waals surface area contributed by atoms with E-state index in [1.807, 2.05) is 16.8 Å². The summed E-state index contributed by atoms with van der Waals surface area (Å²) in [7, 11) is 0. The average molecular weight is 233 g/mol. The maximum atomic E-state index is 11.7. The van der Waals surface area contributed by atoms with Gasteiger partial charge in [-0.2, -0.15) is 11.3 Å². The van der Waals surface area contributed by atoms with Gasteiger partial charge in [-0.05, 0) is 29.0 Å². The molecule has 0 aliphatic rings. The Bertz CT molecular complexity index is 480. The molecule has 3 nitrogen and oxygen atoms in total. The van der Waals surface area contributed by atoms with Gasteiger partial charge in [0.05, 0.1) is 5.56 Å². The molecule has 0 aliphatic heterocycles. The van der Waals surface area contributed by atoms with Crippen LogP contribution in [0.5, 0.6) is 0 Å². The number of thiophene rings is 1. The van der Waals surface area contributed by atoms with Crippen molar-refractivity contribution in [2.75, 3.05) is 5.73 Å². The van der Waals surface area contributed by atoms with Crippen LogP contribution in [0.1, 0.15) is 15.9 Å². The molecule has 0 saturated carbocycles. The molecule has 0 saturated heterocycles. The van der Waals surface area contributed by atoms with Gasteiger partial charge in [0, 0.05) is 11.3 Å². The third-order valence-electron chi connectivity index (χ3n) is 2.13. The Morgan fingerprint density at radius 1 is 1.31 bits per heavy atom. The average Bonchev–Trinajstić information content (AvgIpc) is 2.79. The van der Waals surface area contributed by atoms with Gasteiger partial charge in [0.25, 0.3) is 0 Å². The minimum absolute atomic E-state index is 0.288. The van der Waals surface area contributed by atoms with Crippen LogP contribution >= 0.6 is 11.3 Å². The molecule has 2 aromatic rings. The molecule has 1 aromatic heterocycles. The highest BCUT2D eigenvalue weighted by molar-refractivity contribution is 7.07. The summed E-state index contributed by atoms with van der Waals surface area (Å²) in [5.74, 6) is -0.385. The lowest BCUT2D eigenvalue weighted by Gasteiger charge is -2.05. The molecule has 0 bridgehead atoms. The first-order valence-corrected chi connectivity index (χ1v) is 5.74. The van der Waals surface area contributed by atoms with Crippen LogP contribution in [0.25, 0.3) is 0 Å². The van der Waals surface area contributed by atoms with E-state index in [1.54, 1.807) is 35.6 Å². The van der Waals surface area contributed by atoms with Gasteiger partial charge in [-0.25, -0.2) is 4.79 Å². The first kappa shape index (κ1) is 10.7. The first-order chi connectivity index (χ1) is 7.77. The van der Waals surface area contributed by atoms with Crippen molar-refractivity contribution in [3.63, 3.8) is 0 Å². The number of para-hydroxylation sites is 1. The van der Waals surface area contributed by atoms with Crippen LogP contribution in [-0.2, 0) is 11.3 Å². The van der Waals surface area contributed by atoms with Crippen molar-refractivity contribution in [2.45, 2.75) is 6.61 Å². The molecule has 4 heteroatoms. The van der Waals surface area contributed by atoms with Crippen molar-refractivity contribution in [1.29, 1.82) is 0 Å². The lowest BCUT2D eigenvalue weighted by atomic mass is 10.2. The molecule has 0 unspecified atom stereocenters. The van der Waals surface area contributed by atoms with Gasteiger partial charge in [0.2, 0.25) is 0 Å². The molecule has 1 heterocycles. The molecule has 0 atom stereocenters. The van der Waals surface area contributed by atoms with Crippen LogP contribution in [0.3, 0.4) is 0 Å². The van der Waals surface area contributed by atoms with Crippen molar-refractivity contribution in [3.8, 4) is 0 Å². The molecule has 0 amide bonds. The van der Waals surface area contributed by atoms with E-state index in [4.69, 9.17) is 10.5 Å². The van der Waals surface area contributed by atoms with Crippen LogP contribution in [0.2, 0.25) is 0 Å². The summed E-state index contributed by atoms with van der Waals surface area (Å²) in [6.07, 6.45) is 0. The summed E-state index contributed by atoms with van der Waals surface area (Å²) in [6, 6.07) is 8.81. The van der Waals surface area contributed by atoms with Crippen LogP contribution in [0, 0.1) is 0 Å². The molecule has 0 radical (unpaired) electrons. The van der Waals surface area contributed by atoms with Crippen molar-refractivity contribution < 1.29 is 9.53 Å². The van der Waals surface area contributed by atoms with Gasteiger partial charge in [0.15, 0.2) is 0 Å². The summed E-state index contributed by atoms with van der Waals surface area (Å²) in [5.41, 5.74) is 7.52. The van der Waals surface area contributed by atoms with Gasteiger partial charge >= 0.3 is 5.97 Å². The largest absolute Gasteiger partial charge is 0.457 e. The number of esters is 1. The fraction of sp³-hybridized carbons (Fsp3) is 0.0833. The Hall–Kier alpha value is -1.81. The SMILES string of the molecule is Nc1ccccc1C(=O)OCc1ccsc1. The number of carbonyl (C=O) groups is 1. The summed E-state index contributed by atoms with van der Waals surface area (Å²) in [6.45, 7) is 0.288. The Labute approximate surface area is 97.5 Å². The first-order valence-electron chi connectivity index (χ1n) is 4.80. The number of hydrogen-bond donors (Lipinski definition) is 1. The topological polar surface area (TPSA) is 52.3 Å². The second kappa shape index (κ2) is 4.81. The van der Waals surface area contributed by atoms with Gasteiger partial charge in [-0.1, -0.05) is 12.1 Å². The molecular formula is C12H11NO2S. The Balaban J connectivity index is 2.01. The van der Waals surface area contributed by atoms with E-state index in [0.717, 1.165) is 5.56 Å². The highest BCUT2D eigenvalue weighted by atomic mass is 32.1. The van der Waals surface area contributed by atoms with Crippen molar-refractivity contribution in [2.24, 2.45) is 0 Å². The number of benzene rings is 1. The zero-order valence-electron chi connectivity index (χ0n) is 8.55. The van der Waals surface area contributed by atoms with Crippen molar-refractivity contribution in [3.05, 3.63) is 52.2 Å². The number of ether oxygens (including phenoxy) is 1. The molecule has 2 N–H and O–H groups in total. The van der Waals surface area contributed by atoms with E-state index in [9.17, 15) is 4.79 Å². The van der Waals surface area contributed by atoms with Crippen LogP contribution in [0.15, 0.2) is 41.1 Å². The quantitative estimate of drug-likeness (QED) is 0.655. The van der Waals surface area contributed by atoms with Gasteiger partial charge in [-0.3, -0.25) is 0 Å². The van der Waals surface area contributed by atoms with Crippen molar-refractivity contribution in [1.82, 2.24) is 0 Å². The lowest BCUT2D eigenvalue weighted by molar-refractivity contribution is 0.0474. The highest BCUT2D eigenvalue weighted by Gasteiger charge is 2.10. The van der Waals surface area contributed by atoms with Crippen LogP contribution < -0.4 is 5.73 Å². The zero-order chi connectivity index (χ0) is 11.4. The molecule has 16 heavy (non-hydrogen) atoms. The van der Waals surface area contributed by atoms with Gasteiger partial charge < -0.3 is 10.5 Å². The lowest BCUT2D eigenvalue weighted by Crippen LogP contribution is -2.07. The second-order valence-electron chi connectivity index (χ2n) is 3.29. The maximum absolute atomic E-state index is 11.7. The zero-order valence-corrected chi connectivity index (χ0v) is 9.37. The molecule has 0 spiro atoms. The third kappa shape index (κ3) is 2.41. The fourth-order valence-corrected chi connectivity index (χ4v) is 1.94. The summed E-state index contributed by atoms with van der Waals surface area (Å²) >= 11 is 1.57. The predicted octanol–water partition coefficient (Wildman–Crippen LogP) is 2.69. The van der Waals surface area contributed by atoms with Crippen molar-refractivity contribution >= 4 is 23.0 Å². The molecule has 82 valence electrons. The normalized spacial score (nSPS) is 10.0. The van der Waals surface area contributed by atoms with E-state index in [1.165, 1.54) is 0 Å². The maximum Gasteiger partial charge on any atom is 0.340 e. The van der Waals surface area contributed by atoms with E-state index >= 15 is 0 Å². The number of carbonyl (C=O) groups excluding carboxylic acids is 1. The molecule has 0 fully saturated rings. The number of nitrogens with two attached hydrogens (primary N) is 1. The number of hydrogen-bond acceptors (Lipinski definition) is 4. The Kier molecular flexibility index (Phi) is 3.22. The second-order valence-corrected chi connectivity index (χ2v) is 4.08. The van der Waals surface area contributed by atoms with E-state index in [0.29, 0.717) is 11.3 Å². The summed E-state index contributed by atoms with van der Waals surface area (Å²) in [4.78, 5) is 11.7. The molecule has 2 rings (SSSR count). The fourth-order valence-electron chi connectivity index (χ4n) is 1.28. The molecule has 1 aromatic carbocycles. The number of rotatable bonds is 3. The monoisotopic (exact) mass is 233 g/mol. The van der Waals surface area contributed by atoms with Crippen LogP contribution in [0.4, 0.5) is 5.69 Å². The third-order valence-corrected chi connectivity index (χ3v) is 2.86. The number of anilines is 1. The molecule has 0 aliphatic carbocycles. The minimum Gasteiger partial charge on any atom is -0.457 e. The van der Waals surface area contributed by atoms with E-state index in [2.05, 4.69) is 0 Å². The predicted molar refractivity (Wildman–Crippen MR) is 64.3 cm³/mol. The van der Waals surface area contributed by atoms with Crippen LogP contribution in [-0.4, -0.2) is 5.97 Å². The van der Waals surface area contributed by atoms with Gasteiger partial charge in [-0.15, -0.1) is 0 Å². The highest BCUT2D eigenvalue weighted by Crippen LogP contribution is 2.14. The van der Waals surface area contributed by atoms with E-state index in [-0.39, 0.29) is 12.6 Å². The van der Waals surface area contributed by atoms with E-state index < -0.39 is 0 Å². The minimum atomic E-state index is -0.385. The standard InChI is InChI=1S/C12H11NO2S/c13-11-4-2-1-3-10(11)12(14)15-7-9-5-6-16-8-9/h1-6,8H,7,13H2. The Morgan fingerprint density at radius 2 is 2.12 bits per heavy atom.